The Morgan fingerprint density at radius 1 is 1.22 bits per heavy atom. The Kier molecular flexibility index (Phi) is 2.62. The summed E-state index contributed by atoms with van der Waals surface area (Å²) >= 11 is 0. The van der Waals surface area contributed by atoms with Crippen LogP contribution in [0.3, 0.4) is 0 Å². The third kappa shape index (κ3) is 1.57. The highest BCUT2D eigenvalue weighted by molar-refractivity contribution is 5.92. The van der Waals surface area contributed by atoms with Crippen molar-refractivity contribution in [2.24, 2.45) is 40.4 Å². The van der Waals surface area contributed by atoms with Crippen LogP contribution in [0.25, 0.3) is 0 Å². The average molecular weight is 316 g/mol. The van der Waals surface area contributed by atoms with Crippen LogP contribution in [0, 0.1) is 40.4 Å². The number of carbonyl (C=O) groups is 1. The number of fused-ring (bicyclic) bond motifs is 7. The molecule has 2 N–H and O–H groups in total. The van der Waals surface area contributed by atoms with Crippen molar-refractivity contribution in [2.45, 2.75) is 64.1 Å². The van der Waals surface area contributed by atoms with Crippen LogP contribution in [0.1, 0.15) is 52.4 Å². The smallest absolute Gasteiger partial charge is 0.142 e. The summed E-state index contributed by atoms with van der Waals surface area (Å²) in [5, 5.41) is 21.3. The van der Waals surface area contributed by atoms with Crippen molar-refractivity contribution in [1.29, 1.82) is 0 Å². The number of carbonyl (C=O) groups excluding carboxylic acids is 1. The standard InChI is InChI=1S/C20H28O3/c1-18-6-5-15-12(16(18)13-9-14(13)17(18)22)4-8-20(23)10-11(21)3-7-19(15,20)2/h4,8,11-16,21,23H,3,5-7,9-10H2,1-2H3/t11?,12-,13-,14+,15+,16-,18+,19-,20?/m1/s1. The van der Waals surface area contributed by atoms with Crippen LogP contribution in [-0.2, 0) is 4.79 Å². The molecule has 0 aromatic carbocycles. The quantitative estimate of drug-likeness (QED) is 0.676. The number of allylic oxidation sites excluding steroid dienone is 1. The average Bonchev–Trinajstić information content (AvgIpc) is 3.23. The Hall–Kier alpha value is -0.670. The number of rotatable bonds is 0. The van der Waals surface area contributed by atoms with Crippen LogP contribution in [0.4, 0.5) is 0 Å². The van der Waals surface area contributed by atoms with Gasteiger partial charge in [0.1, 0.15) is 5.78 Å². The first-order valence-electron chi connectivity index (χ1n) is 9.44. The highest BCUT2D eigenvalue weighted by Gasteiger charge is 2.71. The number of aliphatic hydroxyl groups excluding tert-OH is 1. The molecule has 0 bridgehead atoms. The third-order valence-electron chi connectivity index (χ3n) is 8.74. The Bertz CT molecular complexity index is 612. The minimum absolute atomic E-state index is 0.112. The molecule has 3 nitrogen and oxygen atoms in total. The summed E-state index contributed by atoms with van der Waals surface area (Å²) in [5.41, 5.74) is -1.13. The summed E-state index contributed by atoms with van der Waals surface area (Å²) in [5.74, 6) is 2.87. The van der Waals surface area contributed by atoms with Gasteiger partial charge in [-0.15, -0.1) is 0 Å². The number of aliphatic hydroxyl groups is 2. The lowest BCUT2D eigenvalue weighted by Crippen LogP contribution is -2.61. The van der Waals surface area contributed by atoms with Gasteiger partial charge in [-0.05, 0) is 55.8 Å². The summed E-state index contributed by atoms with van der Waals surface area (Å²) in [4.78, 5) is 12.7. The van der Waals surface area contributed by atoms with Gasteiger partial charge in [-0.25, -0.2) is 0 Å². The summed E-state index contributed by atoms with van der Waals surface area (Å²) < 4.78 is 0. The molecule has 23 heavy (non-hydrogen) atoms. The molecule has 0 radical (unpaired) electrons. The minimum Gasteiger partial charge on any atom is -0.393 e. The fourth-order valence-corrected chi connectivity index (χ4v) is 7.28. The predicted octanol–water partition coefficient (Wildman–Crippen LogP) is 2.71. The summed E-state index contributed by atoms with van der Waals surface area (Å²) in [6.45, 7) is 4.45. The van der Waals surface area contributed by atoms with E-state index in [4.69, 9.17) is 0 Å². The molecule has 3 heteroatoms. The molecule has 9 atom stereocenters. The Morgan fingerprint density at radius 3 is 2.78 bits per heavy atom. The number of ketones is 1. The van der Waals surface area contributed by atoms with E-state index in [2.05, 4.69) is 19.9 Å². The van der Waals surface area contributed by atoms with E-state index >= 15 is 0 Å². The van der Waals surface area contributed by atoms with Gasteiger partial charge in [0, 0.05) is 23.2 Å². The highest BCUT2D eigenvalue weighted by atomic mass is 16.3. The van der Waals surface area contributed by atoms with E-state index in [-0.39, 0.29) is 16.9 Å². The summed E-state index contributed by atoms with van der Waals surface area (Å²) in [7, 11) is 0. The molecule has 2 unspecified atom stereocenters. The maximum Gasteiger partial charge on any atom is 0.142 e. The van der Waals surface area contributed by atoms with Gasteiger partial charge in [-0.3, -0.25) is 4.79 Å². The molecule has 4 fully saturated rings. The zero-order valence-electron chi connectivity index (χ0n) is 14.2. The maximum atomic E-state index is 12.7. The molecule has 0 spiro atoms. The molecular formula is C20H28O3. The molecule has 0 saturated heterocycles. The fraction of sp³-hybridized carbons (Fsp3) is 0.850. The van der Waals surface area contributed by atoms with Gasteiger partial charge in [0.2, 0.25) is 0 Å². The monoisotopic (exact) mass is 316 g/mol. The summed E-state index contributed by atoms with van der Waals surface area (Å²) in [6, 6.07) is 0. The molecule has 0 aromatic rings. The first-order chi connectivity index (χ1) is 10.8. The molecule has 5 rings (SSSR count). The van der Waals surface area contributed by atoms with Gasteiger partial charge in [0.15, 0.2) is 0 Å². The first kappa shape index (κ1) is 14.7. The lowest BCUT2D eigenvalue weighted by Gasteiger charge is -2.61. The zero-order chi connectivity index (χ0) is 16.2. The van der Waals surface area contributed by atoms with Gasteiger partial charge in [-0.1, -0.05) is 26.0 Å². The van der Waals surface area contributed by atoms with E-state index in [1.807, 2.05) is 6.08 Å². The second-order valence-electron chi connectivity index (χ2n) is 9.63. The van der Waals surface area contributed by atoms with Gasteiger partial charge < -0.3 is 10.2 Å². The third-order valence-corrected chi connectivity index (χ3v) is 8.74. The number of hydrogen-bond acceptors (Lipinski definition) is 3. The van der Waals surface area contributed by atoms with E-state index < -0.39 is 5.60 Å². The van der Waals surface area contributed by atoms with Crippen molar-refractivity contribution in [3.8, 4) is 0 Å². The maximum absolute atomic E-state index is 12.7. The van der Waals surface area contributed by atoms with Gasteiger partial charge in [-0.2, -0.15) is 0 Å². The molecule has 0 aliphatic heterocycles. The van der Waals surface area contributed by atoms with Crippen LogP contribution in [0.2, 0.25) is 0 Å². The van der Waals surface area contributed by atoms with Crippen LogP contribution in [0.5, 0.6) is 0 Å². The van der Waals surface area contributed by atoms with Gasteiger partial charge in [0.05, 0.1) is 11.7 Å². The SMILES string of the molecule is C[C@]12CC[C@H]3[C@@H](C=CC4(O)CC(O)CC[C@]34C)[C@@H]1[C@@H]1C[C@@H]1C2=O. The lowest BCUT2D eigenvalue weighted by atomic mass is 9.45. The molecule has 126 valence electrons. The summed E-state index contributed by atoms with van der Waals surface area (Å²) in [6.07, 6.45) is 9.15. The Morgan fingerprint density at radius 2 is 2.00 bits per heavy atom. The van der Waals surface area contributed by atoms with Crippen LogP contribution < -0.4 is 0 Å². The predicted molar refractivity (Wildman–Crippen MR) is 86.5 cm³/mol. The van der Waals surface area contributed by atoms with Crippen LogP contribution >= 0.6 is 0 Å². The molecule has 0 amide bonds. The van der Waals surface area contributed by atoms with E-state index in [1.54, 1.807) is 0 Å². The molecule has 5 aliphatic carbocycles. The van der Waals surface area contributed by atoms with E-state index in [0.29, 0.717) is 41.8 Å². The topological polar surface area (TPSA) is 57.5 Å². The fourth-order valence-electron chi connectivity index (χ4n) is 7.28. The lowest BCUT2D eigenvalue weighted by molar-refractivity contribution is -0.169. The second-order valence-corrected chi connectivity index (χ2v) is 9.63. The van der Waals surface area contributed by atoms with Crippen molar-refractivity contribution >= 4 is 5.78 Å². The molecule has 4 saturated carbocycles. The first-order valence-corrected chi connectivity index (χ1v) is 9.44. The minimum atomic E-state index is -0.870. The van der Waals surface area contributed by atoms with E-state index in [0.717, 1.165) is 32.1 Å². The van der Waals surface area contributed by atoms with Gasteiger partial charge >= 0.3 is 0 Å². The van der Waals surface area contributed by atoms with Gasteiger partial charge in [0.25, 0.3) is 0 Å². The molecular weight excluding hydrogens is 288 g/mol. The van der Waals surface area contributed by atoms with Crippen LogP contribution in [0.15, 0.2) is 12.2 Å². The number of hydrogen-bond donors (Lipinski definition) is 2. The normalized spacial score (nSPS) is 63.0. The zero-order valence-corrected chi connectivity index (χ0v) is 14.2. The molecule has 5 aliphatic rings. The molecule has 0 heterocycles. The van der Waals surface area contributed by atoms with Crippen LogP contribution in [-0.4, -0.2) is 27.7 Å². The van der Waals surface area contributed by atoms with E-state index in [1.165, 1.54) is 0 Å². The van der Waals surface area contributed by atoms with Crippen molar-refractivity contribution in [3.05, 3.63) is 12.2 Å². The van der Waals surface area contributed by atoms with Crippen molar-refractivity contribution in [1.82, 2.24) is 0 Å². The Labute approximate surface area is 138 Å². The van der Waals surface area contributed by atoms with Crippen molar-refractivity contribution in [2.75, 3.05) is 0 Å². The number of Topliss-reactive ketones (excluding diaryl/α,β-unsaturated/α-hetero) is 1. The van der Waals surface area contributed by atoms with E-state index in [9.17, 15) is 15.0 Å². The molecule has 0 aromatic heterocycles. The largest absolute Gasteiger partial charge is 0.393 e. The highest BCUT2D eigenvalue weighted by Crippen LogP contribution is 2.71. The second kappa shape index (κ2) is 4.11. The van der Waals surface area contributed by atoms with Crippen molar-refractivity contribution < 1.29 is 15.0 Å². The van der Waals surface area contributed by atoms with Crippen molar-refractivity contribution in [3.63, 3.8) is 0 Å². The Balaban J connectivity index is 1.58.